The van der Waals surface area contributed by atoms with Gasteiger partial charge in [0.25, 0.3) is 0 Å². The van der Waals surface area contributed by atoms with E-state index in [0.29, 0.717) is 0 Å². The zero-order chi connectivity index (χ0) is 10.6. The molecule has 0 atom stereocenters. The molecule has 14 heavy (non-hydrogen) atoms. The Morgan fingerprint density at radius 2 is 2.00 bits per heavy atom. The number of hydrogen-bond acceptors (Lipinski definition) is 3. The maximum absolute atomic E-state index is 11.6. The molecular formula is C10H21N3O. The van der Waals surface area contributed by atoms with Crippen molar-refractivity contribution in [2.75, 3.05) is 39.8 Å². The predicted octanol–water partition coefficient (Wildman–Crippen LogP) is -0.336. The van der Waals surface area contributed by atoms with Crippen LogP contribution in [0.1, 0.15) is 13.8 Å². The molecule has 1 aliphatic rings. The third kappa shape index (κ3) is 2.96. The molecule has 2 N–H and O–H groups in total. The quantitative estimate of drug-likeness (QED) is 0.654. The fourth-order valence-corrected chi connectivity index (χ4v) is 1.84. The van der Waals surface area contributed by atoms with Crippen molar-refractivity contribution in [2.45, 2.75) is 13.8 Å². The highest BCUT2D eigenvalue weighted by molar-refractivity contribution is 5.81. The molecule has 82 valence electrons. The number of piperazine rings is 1. The smallest absolute Gasteiger partial charge is 0.226 e. The number of carbonyl (C=O) groups is 1. The van der Waals surface area contributed by atoms with Crippen molar-refractivity contribution in [1.29, 1.82) is 0 Å². The molecule has 0 saturated carbocycles. The van der Waals surface area contributed by atoms with Gasteiger partial charge in [-0.3, -0.25) is 9.69 Å². The lowest BCUT2D eigenvalue weighted by molar-refractivity contribution is -0.129. The van der Waals surface area contributed by atoms with E-state index < -0.39 is 0 Å². The average Bonchev–Trinajstić information content (AvgIpc) is 2.17. The van der Waals surface area contributed by atoms with Crippen LogP contribution in [0.4, 0.5) is 0 Å². The molecular weight excluding hydrogens is 178 g/mol. The van der Waals surface area contributed by atoms with E-state index in [2.05, 4.69) is 15.5 Å². The summed E-state index contributed by atoms with van der Waals surface area (Å²) in [6, 6.07) is 0. The maximum Gasteiger partial charge on any atom is 0.226 e. The Balaban J connectivity index is 2.44. The predicted molar refractivity (Wildman–Crippen MR) is 57.2 cm³/mol. The van der Waals surface area contributed by atoms with Gasteiger partial charge in [0.2, 0.25) is 5.91 Å². The van der Waals surface area contributed by atoms with E-state index in [-0.39, 0.29) is 11.3 Å². The second-order valence-electron chi connectivity index (χ2n) is 4.49. The summed E-state index contributed by atoms with van der Waals surface area (Å²) in [4.78, 5) is 13.9. The summed E-state index contributed by atoms with van der Waals surface area (Å²) in [5.41, 5.74) is -0.286. The summed E-state index contributed by atoms with van der Waals surface area (Å²) in [5, 5.41) is 6.02. The molecule has 4 heteroatoms. The van der Waals surface area contributed by atoms with Crippen molar-refractivity contribution in [3.63, 3.8) is 0 Å². The number of carbonyl (C=O) groups excluding carboxylic acids is 1. The highest BCUT2D eigenvalue weighted by atomic mass is 16.2. The third-order valence-electron chi connectivity index (χ3n) is 2.67. The Bertz CT molecular complexity index is 198. The molecule has 0 bridgehead atoms. The lowest BCUT2D eigenvalue weighted by atomic mass is 9.91. The third-order valence-corrected chi connectivity index (χ3v) is 2.67. The Labute approximate surface area is 86.0 Å². The number of amides is 1. The van der Waals surface area contributed by atoms with E-state index in [1.807, 2.05) is 13.8 Å². The maximum atomic E-state index is 11.6. The van der Waals surface area contributed by atoms with Gasteiger partial charge >= 0.3 is 0 Å². The monoisotopic (exact) mass is 199 g/mol. The van der Waals surface area contributed by atoms with Gasteiger partial charge in [0.1, 0.15) is 0 Å². The lowest BCUT2D eigenvalue weighted by Gasteiger charge is -2.33. The minimum Gasteiger partial charge on any atom is -0.359 e. The summed E-state index contributed by atoms with van der Waals surface area (Å²) >= 11 is 0. The summed E-state index contributed by atoms with van der Waals surface area (Å²) < 4.78 is 0. The van der Waals surface area contributed by atoms with Crippen molar-refractivity contribution in [3.8, 4) is 0 Å². The number of nitrogens with zero attached hydrogens (tertiary/aromatic N) is 1. The first-order valence-electron chi connectivity index (χ1n) is 5.21. The van der Waals surface area contributed by atoms with Crippen molar-refractivity contribution in [3.05, 3.63) is 0 Å². The number of hydrogen-bond donors (Lipinski definition) is 2. The van der Waals surface area contributed by atoms with E-state index in [9.17, 15) is 4.79 Å². The van der Waals surface area contributed by atoms with Gasteiger partial charge in [0, 0.05) is 39.8 Å². The SMILES string of the molecule is CNC(=O)C(C)(C)CN1CCNCC1. The fourth-order valence-electron chi connectivity index (χ4n) is 1.84. The van der Waals surface area contributed by atoms with Gasteiger partial charge in [-0.25, -0.2) is 0 Å². The Kier molecular flexibility index (Phi) is 3.89. The molecule has 0 spiro atoms. The fraction of sp³-hybridized carbons (Fsp3) is 0.900. The van der Waals surface area contributed by atoms with Gasteiger partial charge in [-0.15, -0.1) is 0 Å². The molecule has 0 unspecified atom stereocenters. The van der Waals surface area contributed by atoms with Crippen LogP contribution in [0.25, 0.3) is 0 Å². The van der Waals surface area contributed by atoms with Crippen LogP contribution in [-0.2, 0) is 4.79 Å². The summed E-state index contributed by atoms with van der Waals surface area (Å²) in [7, 11) is 1.70. The van der Waals surface area contributed by atoms with Crippen LogP contribution in [-0.4, -0.2) is 50.6 Å². The Morgan fingerprint density at radius 3 is 2.50 bits per heavy atom. The first kappa shape index (κ1) is 11.5. The molecule has 1 saturated heterocycles. The standard InChI is InChI=1S/C10H21N3O/c1-10(2,9(14)11-3)8-13-6-4-12-5-7-13/h12H,4-8H2,1-3H3,(H,11,14). The van der Waals surface area contributed by atoms with Gasteiger partial charge in [0.15, 0.2) is 0 Å². The second-order valence-corrected chi connectivity index (χ2v) is 4.49. The highest BCUT2D eigenvalue weighted by Crippen LogP contribution is 2.17. The van der Waals surface area contributed by atoms with Gasteiger partial charge in [0.05, 0.1) is 5.41 Å². The molecule has 1 aliphatic heterocycles. The van der Waals surface area contributed by atoms with Gasteiger partial charge in [-0.05, 0) is 13.8 Å². The lowest BCUT2D eigenvalue weighted by Crippen LogP contribution is -2.50. The Morgan fingerprint density at radius 1 is 1.43 bits per heavy atom. The zero-order valence-corrected chi connectivity index (χ0v) is 9.39. The summed E-state index contributed by atoms with van der Waals surface area (Å²) in [6.45, 7) is 8.98. The molecule has 0 radical (unpaired) electrons. The highest BCUT2D eigenvalue weighted by Gasteiger charge is 2.29. The van der Waals surface area contributed by atoms with Gasteiger partial charge in [-0.1, -0.05) is 0 Å². The number of rotatable bonds is 3. The summed E-state index contributed by atoms with van der Waals surface area (Å²) in [6.07, 6.45) is 0. The van der Waals surface area contributed by atoms with Gasteiger partial charge < -0.3 is 10.6 Å². The first-order chi connectivity index (χ1) is 6.56. The minimum atomic E-state index is -0.286. The zero-order valence-electron chi connectivity index (χ0n) is 9.39. The van der Waals surface area contributed by atoms with Crippen LogP contribution >= 0.6 is 0 Å². The van der Waals surface area contributed by atoms with Crippen LogP contribution in [0.15, 0.2) is 0 Å². The normalized spacial score (nSPS) is 19.4. The molecule has 1 amide bonds. The Hall–Kier alpha value is -0.610. The van der Waals surface area contributed by atoms with E-state index in [4.69, 9.17) is 0 Å². The topological polar surface area (TPSA) is 44.4 Å². The molecule has 1 rings (SSSR count). The van der Waals surface area contributed by atoms with Crippen molar-refractivity contribution >= 4 is 5.91 Å². The van der Waals surface area contributed by atoms with Crippen LogP contribution in [0.2, 0.25) is 0 Å². The van der Waals surface area contributed by atoms with Crippen LogP contribution in [0.5, 0.6) is 0 Å². The largest absolute Gasteiger partial charge is 0.359 e. The summed E-state index contributed by atoms with van der Waals surface area (Å²) in [5.74, 6) is 0.121. The number of nitrogens with one attached hydrogen (secondary N) is 2. The van der Waals surface area contributed by atoms with E-state index in [1.54, 1.807) is 7.05 Å². The second kappa shape index (κ2) is 4.75. The van der Waals surface area contributed by atoms with Gasteiger partial charge in [-0.2, -0.15) is 0 Å². The molecule has 0 aromatic heterocycles. The molecule has 1 heterocycles. The van der Waals surface area contributed by atoms with Crippen LogP contribution in [0.3, 0.4) is 0 Å². The van der Waals surface area contributed by atoms with Crippen molar-refractivity contribution in [2.24, 2.45) is 5.41 Å². The first-order valence-corrected chi connectivity index (χ1v) is 5.21. The van der Waals surface area contributed by atoms with E-state index in [0.717, 1.165) is 32.7 Å². The van der Waals surface area contributed by atoms with Crippen LogP contribution < -0.4 is 10.6 Å². The molecule has 0 aliphatic carbocycles. The molecule has 0 aromatic carbocycles. The molecule has 1 fully saturated rings. The van der Waals surface area contributed by atoms with Crippen LogP contribution in [0, 0.1) is 5.41 Å². The average molecular weight is 199 g/mol. The van der Waals surface area contributed by atoms with Crippen molar-refractivity contribution in [1.82, 2.24) is 15.5 Å². The van der Waals surface area contributed by atoms with Crippen molar-refractivity contribution < 1.29 is 4.79 Å². The molecule has 4 nitrogen and oxygen atoms in total. The van der Waals surface area contributed by atoms with E-state index in [1.165, 1.54) is 0 Å². The minimum absolute atomic E-state index is 0.121. The van der Waals surface area contributed by atoms with E-state index >= 15 is 0 Å². The molecule has 0 aromatic rings.